The van der Waals surface area contributed by atoms with Gasteiger partial charge in [-0.1, -0.05) is 30.7 Å². The minimum absolute atomic E-state index is 0.0429. The maximum Gasteiger partial charge on any atom is 0.248 e. The zero-order chi connectivity index (χ0) is 32.8. The van der Waals surface area contributed by atoms with E-state index in [1.165, 1.54) is 26.0 Å². The van der Waals surface area contributed by atoms with Crippen molar-refractivity contribution in [2.75, 3.05) is 62.9 Å². The number of hydrogen-bond acceptors (Lipinski definition) is 10. The Kier molecular flexibility index (Phi) is 11.0. The Morgan fingerprint density at radius 1 is 0.978 bits per heavy atom. The summed E-state index contributed by atoms with van der Waals surface area (Å²) in [6.45, 7) is 5.91. The van der Waals surface area contributed by atoms with Crippen LogP contribution in [0.15, 0.2) is 23.8 Å². The molecular formula is C33H44N6O6S. The van der Waals surface area contributed by atoms with Gasteiger partial charge in [0.05, 0.1) is 19.7 Å². The number of rotatable bonds is 9. The smallest absolute Gasteiger partial charge is 0.248 e. The number of piperazine rings is 1. The summed E-state index contributed by atoms with van der Waals surface area (Å²) >= 11 is 1.12. The summed E-state index contributed by atoms with van der Waals surface area (Å²) in [6, 6.07) is 2.84. The maximum atomic E-state index is 13.8. The van der Waals surface area contributed by atoms with E-state index in [-0.39, 0.29) is 22.8 Å². The molecule has 0 radical (unpaired) electrons. The predicted octanol–water partition coefficient (Wildman–Crippen LogP) is 4.03. The number of carbonyl (C=O) groups excluding carboxylic acids is 4. The molecule has 3 aliphatic rings. The number of nitrogens with one attached hydrogen (secondary N) is 1. The third kappa shape index (κ3) is 7.73. The Hall–Kier alpha value is -3.87. The third-order valence-corrected chi connectivity index (χ3v) is 10.00. The van der Waals surface area contributed by atoms with Crippen molar-refractivity contribution >= 4 is 57.3 Å². The first-order valence-corrected chi connectivity index (χ1v) is 17.1. The van der Waals surface area contributed by atoms with Gasteiger partial charge in [-0.3, -0.25) is 19.2 Å². The first-order chi connectivity index (χ1) is 22.2. The third-order valence-electron chi connectivity index (χ3n) is 8.93. The van der Waals surface area contributed by atoms with Gasteiger partial charge in [0.25, 0.3) is 0 Å². The summed E-state index contributed by atoms with van der Waals surface area (Å²) < 4.78 is 11.1. The Balaban J connectivity index is 1.37. The molecule has 2 unspecified atom stereocenters. The number of hydrogen-bond donors (Lipinski definition) is 1. The molecule has 1 aromatic carbocycles. The van der Waals surface area contributed by atoms with E-state index >= 15 is 0 Å². The molecule has 46 heavy (non-hydrogen) atoms. The monoisotopic (exact) mass is 652 g/mol. The molecule has 2 saturated heterocycles. The van der Waals surface area contributed by atoms with Crippen LogP contribution in [0, 0.1) is 5.92 Å². The number of thioether (sulfide) groups is 1. The normalized spacial score (nSPS) is 19.2. The molecule has 1 N–H and O–H groups in total. The van der Waals surface area contributed by atoms with Gasteiger partial charge in [-0.25, -0.2) is 4.98 Å². The van der Waals surface area contributed by atoms with E-state index in [0.29, 0.717) is 85.5 Å². The van der Waals surface area contributed by atoms with Crippen molar-refractivity contribution in [3.8, 4) is 11.5 Å². The highest BCUT2D eigenvalue weighted by Crippen LogP contribution is 2.36. The van der Waals surface area contributed by atoms with Crippen molar-refractivity contribution in [1.82, 2.24) is 19.8 Å². The number of ether oxygens (including phenoxy) is 2. The van der Waals surface area contributed by atoms with Gasteiger partial charge in [0.15, 0.2) is 16.6 Å². The molecule has 2 atom stereocenters. The second-order valence-electron chi connectivity index (χ2n) is 12.2. The minimum atomic E-state index is -0.654. The zero-order valence-electron chi connectivity index (χ0n) is 27.2. The number of carbonyl (C=O) groups is 4. The number of anilines is 2. The molecule has 1 aliphatic carbocycles. The van der Waals surface area contributed by atoms with Crippen LogP contribution >= 0.6 is 11.8 Å². The molecule has 3 fully saturated rings. The van der Waals surface area contributed by atoms with Gasteiger partial charge in [-0.2, -0.15) is 4.98 Å². The molecular weight excluding hydrogens is 608 g/mol. The fourth-order valence-electron chi connectivity index (χ4n) is 6.32. The van der Waals surface area contributed by atoms with Gasteiger partial charge in [0.1, 0.15) is 11.9 Å². The molecule has 1 aromatic heterocycles. The summed E-state index contributed by atoms with van der Waals surface area (Å²) in [5.74, 6) is 1.27. The molecule has 1 saturated carbocycles. The van der Waals surface area contributed by atoms with Crippen LogP contribution in [0.2, 0.25) is 0 Å². The Morgan fingerprint density at radius 2 is 1.67 bits per heavy atom. The van der Waals surface area contributed by atoms with Crippen molar-refractivity contribution < 1.29 is 28.7 Å². The molecule has 3 heterocycles. The first-order valence-electron chi connectivity index (χ1n) is 16.1. The quantitative estimate of drug-likeness (QED) is 0.396. The van der Waals surface area contributed by atoms with Crippen LogP contribution < -0.4 is 19.7 Å². The van der Waals surface area contributed by atoms with Crippen LogP contribution in [0.3, 0.4) is 0 Å². The second-order valence-corrected chi connectivity index (χ2v) is 13.4. The molecule has 3 amide bonds. The summed E-state index contributed by atoms with van der Waals surface area (Å²) in [4.78, 5) is 66.6. The number of benzene rings is 1. The van der Waals surface area contributed by atoms with Gasteiger partial charge in [-0.05, 0) is 44.6 Å². The van der Waals surface area contributed by atoms with E-state index in [4.69, 9.17) is 19.4 Å². The fraction of sp³-hybridized carbons (Fsp3) is 0.576. The van der Waals surface area contributed by atoms with Crippen molar-refractivity contribution in [3.63, 3.8) is 0 Å². The number of allylic oxidation sites excluding steroid dienone is 1. The molecule has 0 bridgehead atoms. The zero-order valence-corrected chi connectivity index (χ0v) is 28.0. The Bertz CT molecular complexity index is 1500. The SMILES string of the molecule is COc1cc2nc(N3CCN(C(=O)C=C4CCCCC4)CC3)nc(NC(=O)C3CCCN3C(=O)C(C)CSC(C)=O)c2cc1OC. The van der Waals surface area contributed by atoms with Crippen LogP contribution in [0.4, 0.5) is 11.8 Å². The van der Waals surface area contributed by atoms with Crippen molar-refractivity contribution in [2.24, 2.45) is 5.92 Å². The first kappa shape index (κ1) is 33.5. The summed E-state index contributed by atoms with van der Waals surface area (Å²) in [6.07, 6.45) is 8.60. The number of methoxy groups -OCH3 is 2. The van der Waals surface area contributed by atoms with E-state index in [9.17, 15) is 19.2 Å². The van der Waals surface area contributed by atoms with Crippen LogP contribution in [-0.2, 0) is 19.2 Å². The lowest BCUT2D eigenvalue weighted by Crippen LogP contribution is -2.49. The highest BCUT2D eigenvalue weighted by molar-refractivity contribution is 8.13. The van der Waals surface area contributed by atoms with E-state index in [1.54, 1.807) is 31.1 Å². The molecule has 12 nitrogen and oxygen atoms in total. The molecule has 2 aliphatic heterocycles. The molecule has 13 heteroatoms. The fourth-order valence-corrected chi connectivity index (χ4v) is 6.95. The van der Waals surface area contributed by atoms with Crippen molar-refractivity contribution in [2.45, 2.75) is 64.8 Å². The molecule has 5 rings (SSSR count). The lowest BCUT2D eigenvalue weighted by atomic mass is 9.94. The van der Waals surface area contributed by atoms with Crippen LogP contribution in [0.1, 0.15) is 58.8 Å². The lowest BCUT2D eigenvalue weighted by molar-refractivity contribution is -0.139. The largest absolute Gasteiger partial charge is 0.493 e. The Labute approximate surface area is 274 Å². The van der Waals surface area contributed by atoms with Gasteiger partial charge in [0.2, 0.25) is 23.7 Å². The summed E-state index contributed by atoms with van der Waals surface area (Å²) in [5, 5.41) is 3.53. The van der Waals surface area contributed by atoms with Gasteiger partial charge in [-0.15, -0.1) is 0 Å². The average molecular weight is 653 g/mol. The van der Waals surface area contributed by atoms with Crippen molar-refractivity contribution in [1.29, 1.82) is 0 Å². The summed E-state index contributed by atoms with van der Waals surface area (Å²) in [5.41, 5.74) is 1.81. The number of nitrogens with zero attached hydrogens (tertiary/aromatic N) is 5. The molecule has 2 aromatic rings. The highest BCUT2D eigenvalue weighted by atomic mass is 32.2. The number of aromatic nitrogens is 2. The number of fused-ring (bicyclic) bond motifs is 1. The maximum absolute atomic E-state index is 13.8. The van der Waals surface area contributed by atoms with E-state index in [0.717, 1.165) is 37.4 Å². The average Bonchev–Trinajstić information content (AvgIpc) is 3.57. The van der Waals surface area contributed by atoms with Gasteiger partial charge < -0.3 is 29.5 Å². The Morgan fingerprint density at radius 3 is 2.35 bits per heavy atom. The molecule has 0 spiro atoms. The van der Waals surface area contributed by atoms with Crippen LogP contribution in [0.25, 0.3) is 10.9 Å². The summed E-state index contributed by atoms with van der Waals surface area (Å²) in [7, 11) is 3.09. The van der Waals surface area contributed by atoms with E-state index in [2.05, 4.69) is 5.32 Å². The molecule has 248 valence electrons. The van der Waals surface area contributed by atoms with Crippen molar-refractivity contribution in [3.05, 3.63) is 23.8 Å². The van der Waals surface area contributed by atoms with Crippen LogP contribution in [0.5, 0.6) is 11.5 Å². The topological polar surface area (TPSA) is 134 Å². The van der Waals surface area contributed by atoms with Gasteiger partial charge >= 0.3 is 0 Å². The second kappa shape index (κ2) is 15.1. The number of amides is 3. The van der Waals surface area contributed by atoms with Gasteiger partial charge in [0, 0.05) is 68.8 Å². The minimum Gasteiger partial charge on any atom is -0.493 e. The standard InChI is InChI=1S/C33H44N6O6S/c1-21(20-46-22(2)40)32(43)39-12-8-11-26(39)31(42)35-30-24-18-27(44-3)28(45-4)19-25(24)34-33(36-30)38-15-13-37(14-16-38)29(41)17-23-9-6-5-7-10-23/h17-19,21,26H,5-16,20H2,1-4H3,(H,34,35,36,42). The number of likely N-dealkylation sites (tertiary alicyclic amines) is 1. The predicted molar refractivity (Wildman–Crippen MR) is 178 cm³/mol. The van der Waals surface area contributed by atoms with E-state index < -0.39 is 12.0 Å². The highest BCUT2D eigenvalue weighted by Gasteiger charge is 2.36. The lowest BCUT2D eigenvalue weighted by Gasteiger charge is -2.34. The van der Waals surface area contributed by atoms with Crippen LogP contribution in [-0.4, -0.2) is 101 Å². The van der Waals surface area contributed by atoms with E-state index in [1.807, 2.05) is 15.9 Å².